The van der Waals surface area contributed by atoms with Crippen molar-refractivity contribution in [2.24, 2.45) is 11.3 Å². The highest BCUT2D eigenvalue weighted by Crippen LogP contribution is 2.61. The molecule has 0 bridgehead atoms. The molecule has 0 radical (unpaired) electrons. The van der Waals surface area contributed by atoms with Crippen LogP contribution in [-0.4, -0.2) is 25.5 Å². The second-order valence-electron chi connectivity index (χ2n) is 8.41. The quantitative estimate of drug-likeness (QED) is 0.822. The van der Waals surface area contributed by atoms with Gasteiger partial charge in [0, 0.05) is 23.4 Å². The first-order chi connectivity index (χ1) is 11.7. The van der Waals surface area contributed by atoms with Gasteiger partial charge in [0.25, 0.3) is 0 Å². The molecular weight excluding hydrogens is 339 g/mol. The summed E-state index contributed by atoms with van der Waals surface area (Å²) in [4.78, 5) is 15.2. The minimum absolute atomic E-state index is 0. The van der Waals surface area contributed by atoms with E-state index in [1.807, 2.05) is 11.0 Å². The topological polar surface area (TPSA) is 32.3 Å². The van der Waals surface area contributed by atoms with Crippen molar-refractivity contribution in [3.63, 3.8) is 0 Å². The van der Waals surface area contributed by atoms with E-state index in [1.165, 1.54) is 0 Å². The Morgan fingerprint density at radius 1 is 1.16 bits per heavy atom. The molecule has 3 fully saturated rings. The average Bonchev–Trinajstić information content (AvgIpc) is 2.97. The normalized spacial score (nSPS) is 28.0. The Morgan fingerprint density at radius 3 is 2.60 bits per heavy atom. The first-order valence-electron chi connectivity index (χ1n) is 9.46. The van der Waals surface area contributed by atoms with Crippen molar-refractivity contribution < 1.29 is 9.18 Å². The Kier molecular flexibility index (Phi) is 4.12. The Bertz CT molecular complexity index is 695. The first kappa shape index (κ1) is 17.3. The molecule has 1 atom stereocenters. The fourth-order valence-electron chi connectivity index (χ4n) is 5.75. The number of nitrogens with one attached hydrogen (secondary N) is 1. The summed E-state index contributed by atoms with van der Waals surface area (Å²) in [6, 6.07) is 5.29. The highest BCUT2D eigenvalue weighted by Gasteiger charge is 2.60. The number of nitrogens with zero attached hydrogens (tertiary/aromatic N) is 1. The molecular formula is C20H26ClFN2O. The smallest absolute Gasteiger partial charge is 0.230 e. The molecule has 136 valence electrons. The van der Waals surface area contributed by atoms with Crippen molar-refractivity contribution in [3.8, 4) is 0 Å². The molecule has 1 amide bonds. The lowest BCUT2D eigenvalue weighted by atomic mass is 9.80. The minimum atomic E-state index is -0.119. The van der Waals surface area contributed by atoms with Gasteiger partial charge in [0.05, 0.1) is 5.69 Å². The Hall–Kier alpha value is -1.13. The van der Waals surface area contributed by atoms with Crippen LogP contribution in [0.15, 0.2) is 18.2 Å². The van der Waals surface area contributed by atoms with Gasteiger partial charge < -0.3 is 10.2 Å². The fourth-order valence-corrected chi connectivity index (χ4v) is 5.75. The van der Waals surface area contributed by atoms with Crippen molar-refractivity contribution >= 4 is 24.0 Å². The molecule has 0 aromatic heterocycles. The fraction of sp³-hybridized carbons (Fsp3) is 0.650. The summed E-state index contributed by atoms with van der Waals surface area (Å²) in [5.74, 6) is 0.303. The number of amides is 1. The van der Waals surface area contributed by atoms with Crippen molar-refractivity contribution in [2.45, 2.75) is 50.4 Å². The second kappa shape index (κ2) is 5.95. The van der Waals surface area contributed by atoms with E-state index in [1.54, 1.807) is 12.1 Å². The molecule has 2 aliphatic heterocycles. The van der Waals surface area contributed by atoms with Crippen LogP contribution in [0.4, 0.5) is 10.1 Å². The molecule has 1 aromatic rings. The second-order valence-corrected chi connectivity index (χ2v) is 8.41. The minimum Gasteiger partial charge on any atom is -0.317 e. The maximum atomic E-state index is 14.6. The third-order valence-electron chi connectivity index (χ3n) is 7.19. The summed E-state index contributed by atoms with van der Waals surface area (Å²) in [5.41, 5.74) is 1.81. The Morgan fingerprint density at radius 2 is 1.88 bits per heavy atom. The molecule has 2 saturated carbocycles. The predicted molar refractivity (Wildman–Crippen MR) is 98.8 cm³/mol. The zero-order chi connectivity index (χ0) is 16.4. The molecule has 2 heterocycles. The van der Waals surface area contributed by atoms with Crippen LogP contribution in [0, 0.1) is 17.2 Å². The monoisotopic (exact) mass is 364 g/mol. The van der Waals surface area contributed by atoms with Crippen LogP contribution in [0.5, 0.6) is 0 Å². The third kappa shape index (κ3) is 2.44. The van der Waals surface area contributed by atoms with E-state index in [0.29, 0.717) is 6.54 Å². The van der Waals surface area contributed by atoms with Gasteiger partial charge in [-0.1, -0.05) is 18.9 Å². The molecule has 1 unspecified atom stereocenters. The number of carbonyl (C=O) groups excluding carboxylic acids is 1. The zero-order valence-corrected chi connectivity index (χ0v) is 15.3. The van der Waals surface area contributed by atoms with E-state index >= 15 is 0 Å². The molecule has 2 spiro atoms. The van der Waals surface area contributed by atoms with Crippen molar-refractivity contribution in [1.29, 1.82) is 0 Å². The SMILES string of the molecule is Cl.O=C(C1CC12CCNCC2)N1CC2(CCCC2)c2c(F)cccc21. The van der Waals surface area contributed by atoms with Crippen LogP contribution in [0.2, 0.25) is 0 Å². The van der Waals surface area contributed by atoms with Crippen LogP contribution in [0.1, 0.15) is 50.5 Å². The summed E-state index contributed by atoms with van der Waals surface area (Å²) in [7, 11) is 0. The highest BCUT2D eigenvalue weighted by atomic mass is 35.5. The lowest BCUT2D eigenvalue weighted by molar-refractivity contribution is -0.120. The number of benzene rings is 1. The van der Waals surface area contributed by atoms with Crippen LogP contribution in [0.3, 0.4) is 0 Å². The van der Waals surface area contributed by atoms with Gasteiger partial charge in [0.2, 0.25) is 5.91 Å². The van der Waals surface area contributed by atoms with Gasteiger partial charge >= 0.3 is 0 Å². The van der Waals surface area contributed by atoms with E-state index in [2.05, 4.69) is 5.32 Å². The summed E-state index contributed by atoms with van der Waals surface area (Å²) < 4.78 is 14.6. The van der Waals surface area contributed by atoms with E-state index < -0.39 is 0 Å². The van der Waals surface area contributed by atoms with Gasteiger partial charge in [-0.2, -0.15) is 0 Å². The predicted octanol–water partition coefficient (Wildman–Crippen LogP) is 3.80. The van der Waals surface area contributed by atoms with Gasteiger partial charge in [0.1, 0.15) is 5.82 Å². The molecule has 25 heavy (non-hydrogen) atoms. The summed E-state index contributed by atoms with van der Waals surface area (Å²) >= 11 is 0. The van der Waals surface area contributed by atoms with Crippen LogP contribution in [-0.2, 0) is 10.2 Å². The van der Waals surface area contributed by atoms with Crippen molar-refractivity contribution in [3.05, 3.63) is 29.6 Å². The number of rotatable bonds is 1. The molecule has 1 aromatic carbocycles. The highest BCUT2D eigenvalue weighted by molar-refractivity contribution is 6.00. The lowest BCUT2D eigenvalue weighted by Gasteiger charge is -2.27. The molecule has 3 nitrogen and oxygen atoms in total. The number of carbonyl (C=O) groups is 1. The largest absolute Gasteiger partial charge is 0.317 e. The number of hydrogen-bond donors (Lipinski definition) is 1. The molecule has 1 saturated heterocycles. The van der Waals surface area contributed by atoms with Crippen molar-refractivity contribution in [2.75, 3.05) is 24.5 Å². The Balaban J connectivity index is 0.00000157. The van der Waals surface area contributed by atoms with E-state index in [4.69, 9.17) is 0 Å². The van der Waals surface area contributed by atoms with Crippen LogP contribution < -0.4 is 10.2 Å². The number of anilines is 1. The number of halogens is 2. The number of fused-ring (bicyclic) bond motifs is 2. The van der Waals surface area contributed by atoms with Gasteiger partial charge in [-0.3, -0.25) is 4.79 Å². The van der Waals surface area contributed by atoms with E-state index in [9.17, 15) is 9.18 Å². The molecule has 1 N–H and O–H groups in total. The van der Waals surface area contributed by atoms with Crippen LogP contribution in [0.25, 0.3) is 0 Å². The Labute approximate surface area is 154 Å². The molecule has 2 aliphatic carbocycles. The molecule has 5 rings (SSSR count). The zero-order valence-electron chi connectivity index (χ0n) is 14.5. The number of piperidine rings is 1. The van der Waals surface area contributed by atoms with Gasteiger partial charge in [-0.05, 0) is 62.7 Å². The average molecular weight is 365 g/mol. The van der Waals surface area contributed by atoms with Crippen molar-refractivity contribution in [1.82, 2.24) is 5.32 Å². The number of hydrogen-bond acceptors (Lipinski definition) is 2. The van der Waals surface area contributed by atoms with Gasteiger partial charge in [-0.25, -0.2) is 4.39 Å². The third-order valence-corrected chi connectivity index (χ3v) is 7.19. The summed E-state index contributed by atoms with van der Waals surface area (Å²) in [5, 5.41) is 3.40. The van der Waals surface area contributed by atoms with E-state index in [0.717, 1.165) is 69.3 Å². The maximum Gasteiger partial charge on any atom is 0.230 e. The molecule has 4 aliphatic rings. The van der Waals surface area contributed by atoms with Gasteiger partial charge in [-0.15, -0.1) is 12.4 Å². The van der Waals surface area contributed by atoms with Gasteiger partial charge in [0.15, 0.2) is 0 Å². The first-order valence-corrected chi connectivity index (χ1v) is 9.46. The van der Waals surface area contributed by atoms with E-state index in [-0.39, 0.29) is 40.9 Å². The standard InChI is InChI=1S/C20H25FN2O.ClH/c21-15-4-3-5-16-17(15)20(6-1-2-7-20)13-23(16)18(24)14-12-19(14)8-10-22-11-9-19;/h3-5,14,22H,1-2,6-13H2;1H. The summed E-state index contributed by atoms with van der Waals surface area (Å²) in [6.45, 7) is 2.75. The lowest BCUT2D eigenvalue weighted by Crippen LogP contribution is -2.39. The summed E-state index contributed by atoms with van der Waals surface area (Å²) in [6.07, 6.45) is 7.58. The molecule has 5 heteroatoms. The maximum absolute atomic E-state index is 14.6. The van der Waals surface area contributed by atoms with Crippen LogP contribution >= 0.6 is 12.4 Å².